The Morgan fingerprint density at radius 2 is 2.06 bits per heavy atom. The maximum absolute atomic E-state index is 6.01. The minimum atomic E-state index is 0.370. The summed E-state index contributed by atoms with van der Waals surface area (Å²) in [5, 5.41) is 0.422. The third-order valence-corrected chi connectivity index (χ3v) is 3.21. The zero-order valence-corrected chi connectivity index (χ0v) is 12.2. The largest absolute Gasteiger partial charge is 0.374 e. The van der Waals surface area contributed by atoms with Crippen molar-refractivity contribution >= 4 is 27.5 Å². The number of halogens is 2. The Kier molecular flexibility index (Phi) is 4.69. The van der Waals surface area contributed by atoms with Crippen LogP contribution in [0, 0.1) is 0 Å². The van der Waals surface area contributed by atoms with Gasteiger partial charge in [0.25, 0.3) is 0 Å². The summed E-state index contributed by atoms with van der Waals surface area (Å²) in [6, 6.07) is 9.60. The van der Waals surface area contributed by atoms with E-state index in [4.69, 9.17) is 16.3 Å². The molecule has 3 nitrogen and oxygen atoms in total. The second-order valence-corrected chi connectivity index (χ2v) is 4.85. The summed E-state index contributed by atoms with van der Waals surface area (Å²) in [7, 11) is 0. The van der Waals surface area contributed by atoms with E-state index in [0.29, 0.717) is 24.2 Å². The Bertz CT molecular complexity index is 548. The van der Waals surface area contributed by atoms with Gasteiger partial charge in [0, 0.05) is 22.7 Å². The minimum Gasteiger partial charge on any atom is -0.374 e. The number of ether oxygens (including phenoxy) is 1. The Morgan fingerprint density at radius 1 is 1.28 bits per heavy atom. The third kappa shape index (κ3) is 3.28. The van der Waals surface area contributed by atoms with Crippen molar-refractivity contribution in [3.63, 3.8) is 0 Å². The van der Waals surface area contributed by atoms with Gasteiger partial charge in [-0.05, 0) is 13.0 Å². The monoisotopic (exact) mass is 326 g/mol. The van der Waals surface area contributed by atoms with Crippen molar-refractivity contribution in [3.8, 4) is 11.3 Å². The fourth-order valence-corrected chi connectivity index (χ4v) is 2.22. The number of hydrogen-bond acceptors (Lipinski definition) is 3. The molecule has 0 saturated heterocycles. The van der Waals surface area contributed by atoms with Gasteiger partial charge in [-0.1, -0.05) is 45.7 Å². The van der Waals surface area contributed by atoms with E-state index >= 15 is 0 Å². The van der Waals surface area contributed by atoms with Crippen LogP contribution < -0.4 is 0 Å². The molecule has 0 bridgehead atoms. The van der Waals surface area contributed by atoms with E-state index in [-0.39, 0.29) is 0 Å². The van der Waals surface area contributed by atoms with E-state index in [9.17, 15) is 0 Å². The van der Waals surface area contributed by atoms with Crippen LogP contribution >= 0.6 is 27.5 Å². The summed E-state index contributed by atoms with van der Waals surface area (Å²) < 4.78 is 6.27. The van der Waals surface area contributed by atoms with Gasteiger partial charge in [-0.15, -0.1) is 0 Å². The lowest BCUT2D eigenvalue weighted by Gasteiger charge is -2.07. The van der Waals surface area contributed by atoms with Gasteiger partial charge in [0.2, 0.25) is 0 Å². The van der Waals surface area contributed by atoms with Crippen molar-refractivity contribution in [2.45, 2.75) is 13.5 Å². The quantitative estimate of drug-likeness (QED) is 0.793. The van der Waals surface area contributed by atoms with Gasteiger partial charge < -0.3 is 4.74 Å². The van der Waals surface area contributed by atoms with Gasteiger partial charge in [-0.2, -0.15) is 0 Å². The van der Waals surface area contributed by atoms with Crippen LogP contribution in [0.2, 0.25) is 5.15 Å². The van der Waals surface area contributed by atoms with E-state index in [1.54, 1.807) is 6.07 Å². The lowest BCUT2D eigenvalue weighted by molar-refractivity contribution is 0.128. The third-order valence-electron chi connectivity index (χ3n) is 2.33. The highest BCUT2D eigenvalue weighted by Crippen LogP contribution is 2.27. The molecule has 0 aliphatic carbocycles. The molecule has 0 saturated carbocycles. The Morgan fingerprint density at radius 3 is 2.78 bits per heavy atom. The average Bonchev–Trinajstić information content (AvgIpc) is 2.36. The summed E-state index contributed by atoms with van der Waals surface area (Å²) in [5.41, 5.74) is 1.77. The van der Waals surface area contributed by atoms with Crippen LogP contribution in [0.4, 0.5) is 0 Å². The molecular weight excluding hydrogens is 316 g/mol. The average molecular weight is 328 g/mol. The lowest BCUT2D eigenvalue weighted by Crippen LogP contribution is -2.00. The molecule has 1 aromatic heterocycles. The van der Waals surface area contributed by atoms with E-state index in [2.05, 4.69) is 25.9 Å². The molecule has 0 aliphatic rings. The van der Waals surface area contributed by atoms with Crippen molar-refractivity contribution in [3.05, 3.63) is 45.8 Å². The Balaban J connectivity index is 2.39. The number of benzene rings is 1. The van der Waals surface area contributed by atoms with Crippen LogP contribution in [0.5, 0.6) is 0 Å². The van der Waals surface area contributed by atoms with Gasteiger partial charge >= 0.3 is 0 Å². The fraction of sp³-hybridized carbons (Fsp3) is 0.231. The van der Waals surface area contributed by atoms with Gasteiger partial charge in [-0.3, -0.25) is 0 Å². The number of aromatic nitrogens is 2. The van der Waals surface area contributed by atoms with Crippen molar-refractivity contribution in [1.82, 2.24) is 9.97 Å². The van der Waals surface area contributed by atoms with Gasteiger partial charge in [0.15, 0.2) is 5.82 Å². The SMILES string of the molecule is CCOCc1nc(Cl)cc(-c2ccccc2Br)n1. The normalized spacial score (nSPS) is 10.6. The van der Waals surface area contributed by atoms with E-state index in [0.717, 1.165) is 15.7 Å². The zero-order valence-electron chi connectivity index (χ0n) is 9.86. The van der Waals surface area contributed by atoms with Crippen LogP contribution in [0.1, 0.15) is 12.7 Å². The lowest BCUT2D eigenvalue weighted by atomic mass is 10.1. The predicted octanol–water partition coefficient (Wildman–Crippen LogP) is 4.10. The maximum Gasteiger partial charge on any atom is 0.156 e. The first-order chi connectivity index (χ1) is 8.70. The minimum absolute atomic E-state index is 0.370. The summed E-state index contributed by atoms with van der Waals surface area (Å²) in [6.07, 6.45) is 0. The van der Waals surface area contributed by atoms with Crippen molar-refractivity contribution in [1.29, 1.82) is 0 Å². The van der Waals surface area contributed by atoms with E-state index < -0.39 is 0 Å². The van der Waals surface area contributed by atoms with Gasteiger partial charge in [0.05, 0.1) is 5.69 Å². The van der Waals surface area contributed by atoms with Crippen LogP contribution in [-0.4, -0.2) is 16.6 Å². The van der Waals surface area contributed by atoms with Gasteiger partial charge in [-0.25, -0.2) is 9.97 Å². The molecule has 0 fully saturated rings. The molecule has 0 unspecified atom stereocenters. The zero-order chi connectivity index (χ0) is 13.0. The number of rotatable bonds is 4. The molecule has 2 aromatic rings. The van der Waals surface area contributed by atoms with Crippen LogP contribution in [0.25, 0.3) is 11.3 Å². The summed E-state index contributed by atoms with van der Waals surface area (Å²) >= 11 is 9.51. The molecule has 18 heavy (non-hydrogen) atoms. The molecule has 5 heteroatoms. The highest BCUT2D eigenvalue weighted by molar-refractivity contribution is 9.10. The summed E-state index contributed by atoms with van der Waals surface area (Å²) in [4.78, 5) is 8.59. The van der Waals surface area contributed by atoms with Crippen molar-refractivity contribution in [2.24, 2.45) is 0 Å². The standard InChI is InChI=1S/C13H12BrClN2O/c1-2-18-8-13-16-11(7-12(15)17-13)9-5-3-4-6-10(9)14/h3-7H,2,8H2,1H3. The van der Waals surface area contributed by atoms with Crippen molar-refractivity contribution < 1.29 is 4.74 Å². The second kappa shape index (κ2) is 6.27. The molecule has 0 amide bonds. The van der Waals surface area contributed by atoms with Crippen molar-refractivity contribution in [2.75, 3.05) is 6.61 Å². The Labute approximate surface area is 119 Å². The Hall–Kier alpha value is -0.970. The first kappa shape index (κ1) is 13.5. The van der Waals surface area contributed by atoms with E-state index in [1.165, 1.54) is 0 Å². The number of hydrogen-bond donors (Lipinski definition) is 0. The fourth-order valence-electron chi connectivity index (χ4n) is 1.53. The first-order valence-corrected chi connectivity index (χ1v) is 6.74. The van der Waals surface area contributed by atoms with Gasteiger partial charge in [0.1, 0.15) is 11.8 Å². The first-order valence-electron chi connectivity index (χ1n) is 5.57. The number of nitrogens with zero attached hydrogens (tertiary/aromatic N) is 2. The van der Waals surface area contributed by atoms with E-state index in [1.807, 2.05) is 31.2 Å². The molecule has 0 atom stereocenters. The molecule has 1 aromatic carbocycles. The summed E-state index contributed by atoms with van der Waals surface area (Å²) in [5.74, 6) is 0.593. The van der Waals surface area contributed by atoms with Crippen LogP contribution in [-0.2, 0) is 11.3 Å². The molecule has 2 rings (SSSR count). The molecule has 0 spiro atoms. The molecule has 0 radical (unpaired) electrons. The molecule has 1 heterocycles. The molecule has 94 valence electrons. The highest BCUT2D eigenvalue weighted by Gasteiger charge is 2.08. The van der Waals surface area contributed by atoms with Crippen LogP contribution in [0.15, 0.2) is 34.8 Å². The predicted molar refractivity (Wildman–Crippen MR) is 75.5 cm³/mol. The maximum atomic E-state index is 6.01. The topological polar surface area (TPSA) is 35.0 Å². The smallest absolute Gasteiger partial charge is 0.156 e. The molecule has 0 aliphatic heterocycles. The summed E-state index contributed by atoms with van der Waals surface area (Å²) in [6.45, 7) is 2.92. The highest BCUT2D eigenvalue weighted by atomic mass is 79.9. The second-order valence-electron chi connectivity index (χ2n) is 3.61. The molecule has 0 N–H and O–H groups in total. The molecular formula is C13H12BrClN2O. The van der Waals surface area contributed by atoms with Crippen LogP contribution in [0.3, 0.4) is 0 Å².